The standard InChI is InChI=1S/C30H18ClNS/c31-21-11-15-29-26(17-21)24-13-12-22(18-30(24)33-29)32-27-9-5-4-8-23(27)25-16-20(10-14-28(25)32)19-6-2-1-3-7-19/h1-18H. The lowest BCUT2D eigenvalue weighted by Gasteiger charge is -2.09. The van der Waals surface area contributed by atoms with E-state index in [0.29, 0.717) is 0 Å². The monoisotopic (exact) mass is 459 g/mol. The van der Waals surface area contributed by atoms with Crippen molar-refractivity contribution in [1.29, 1.82) is 0 Å². The number of para-hydroxylation sites is 1. The maximum absolute atomic E-state index is 6.28. The summed E-state index contributed by atoms with van der Waals surface area (Å²) in [5, 5.41) is 5.81. The molecule has 0 bridgehead atoms. The Labute approximate surface area is 200 Å². The molecule has 0 amide bonds. The van der Waals surface area contributed by atoms with Crippen LogP contribution in [0, 0.1) is 0 Å². The van der Waals surface area contributed by atoms with Crippen molar-refractivity contribution in [3.8, 4) is 16.8 Å². The van der Waals surface area contributed by atoms with Gasteiger partial charge in [-0.3, -0.25) is 0 Å². The van der Waals surface area contributed by atoms with Gasteiger partial charge in [0.25, 0.3) is 0 Å². The summed E-state index contributed by atoms with van der Waals surface area (Å²) in [4.78, 5) is 0. The average molecular weight is 460 g/mol. The van der Waals surface area contributed by atoms with Crippen LogP contribution in [0.3, 0.4) is 0 Å². The van der Waals surface area contributed by atoms with E-state index in [1.54, 1.807) is 0 Å². The lowest BCUT2D eigenvalue weighted by molar-refractivity contribution is 1.19. The molecule has 3 heteroatoms. The van der Waals surface area contributed by atoms with E-state index in [-0.39, 0.29) is 0 Å². The molecule has 1 nitrogen and oxygen atoms in total. The molecule has 0 spiro atoms. The maximum Gasteiger partial charge on any atom is 0.0541 e. The molecule has 0 unspecified atom stereocenters. The maximum atomic E-state index is 6.28. The first-order chi connectivity index (χ1) is 16.3. The fraction of sp³-hybridized carbons (Fsp3) is 0. The molecule has 0 radical (unpaired) electrons. The second-order valence-corrected chi connectivity index (χ2v) is 9.89. The molecule has 33 heavy (non-hydrogen) atoms. The lowest BCUT2D eigenvalue weighted by atomic mass is 10.0. The molecule has 7 aromatic rings. The Morgan fingerprint density at radius 3 is 2.24 bits per heavy atom. The van der Waals surface area contributed by atoms with Crippen molar-refractivity contribution in [2.24, 2.45) is 0 Å². The minimum absolute atomic E-state index is 0.780. The van der Waals surface area contributed by atoms with Crippen molar-refractivity contribution >= 4 is 64.9 Å². The van der Waals surface area contributed by atoms with Gasteiger partial charge in [-0.2, -0.15) is 0 Å². The zero-order valence-corrected chi connectivity index (χ0v) is 19.2. The van der Waals surface area contributed by atoms with Crippen molar-refractivity contribution < 1.29 is 0 Å². The highest BCUT2D eigenvalue weighted by Gasteiger charge is 2.14. The summed E-state index contributed by atoms with van der Waals surface area (Å²) in [7, 11) is 0. The van der Waals surface area contributed by atoms with Crippen molar-refractivity contribution in [3.05, 3.63) is 114 Å². The largest absolute Gasteiger partial charge is 0.309 e. The van der Waals surface area contributed by atoms with E-state index in [1.165, 1.54) is 58.8 Å². The first-order valence-corrected chi connectivity index (χ1v) is 12.2. The Balaban J connectivity index is 1.50. The van der Waals surface area contributed by atoms with Gasteiger partial charge in [0.05, 0.1) is 11.0 Å². The third-order valence-corrected chi connectivity index (χ3v) is 7.82. The molecule has 0 saturated carbocycles. The molecule has 7 rings (SSSR count). The fourth-order valence-electron chi connectivity index (χ4n) is 4.94. The number of fused-ring (bicyclic) bond motifs is 6. The van der Waals surface area contributed by atoms with Gasteiger partial charge in [0.1, 0.15) is 0 Å². The quantitative estimate of drug-likeness (QED) is 0.242. The Kier molecular flexibility index (Phi) is 4.14. The van der Waals surface area contributed by atoms with E-state index in [4.69, 9.17) is 11.6 Å². The van der Waals surface area contributed by atoms with Gasteiger partial charge in [0, 0.05) is 41.7 Å². The lowest BCUT2D eigenvalue weighted by Crippen LogP contribution is -1.93. The zero-order valence-electron chi connectivity index (χ0n) is 17.6. The highest BCUT2D eigenvalue weighted by Crippen LogP contribution is 2.39. The topological polar surface area (TPSA) is 4.93 Å². The number of benzene rings is 5. The van der Waals surface area contributed by atoms with Crippen LogP contribution in [-0.2, 0) is 0 Å². The Hall–Kier alpha value is -3.59. The number of halogens is 1. The smallest absolute Gasteiger partial charge is 0.0541 e. The molecule has 0 saturated heterocycles. The first-order valence-electron chi connectivity index (χ1n) is 11.0. The van der Waals surface area contributed by atoms with Gasteiger partial charge in [-0.1, -0.05) is 72.3 Å². The number of aromatic nitrogens is 1. The molecule has 0 N–H and O–H groups in total. The third-order valence-electron chi connectivity index (χ3n) is 6.45. The molecule has 0 aliphatic heterocycles. The van der Waals surface area contributed by atoms with Crippen LogP contribution in [0.4, 0.5) is 0 Å². The van der Waals surface area contributed by atoms with E-state index < -0.39 is 0 Å². The number of thiophene rings is 1. The predicted octanol–water partition coefficient (Wildman–Crippen LogP) is 9.47. The summed E-state index contributed by atoms with van der Waals surface area (Å²) >= 11 is 8.10. The molecule has 2 heterocycles. The Morgan fingerprint density at radius 2 is 1.33 bits per heavy atom. The van der Waals surface area contributed by atoms with Crippen molar-refractivity contribution in [3.63, 3.8) is 0 Å². The molecular weight excluding hydrogens is 442 g/mol. The summed E-state index contributed by atoms with van der Waals surface area (Å²) in [5.74, 6) is 0. The number of hydrogen-bond donors (Lipinski definition) is 0. The molecule has 0 aliphatic carbocycles. The van der Waals surface area contributed by atoms with Crippen LogP contribution in [0.5, 0.6) is 0 Å². The van der Waals surface area contributed by atoms with Crippen LogP contribution in [0.25, 0.3) is 58.8 Å². The molecular formula is C30H18ClNS. The van der Waals surface area contributed by atoms with E-state index in [2.05, 4.69) is 108 Å². The normalized spacial score (nSPS) is 11.8. The fourth-order valence-corrected chi connectivity index (χ4v) is 6.23. The van der Waals surface area contributed by atoms with Crippen LogP contribution in [-0.4, -0.2) is 4.57 Å². The van der Waals surface area contributed by atoms with Crippen LogP contribution >= 0.6 is 22.9 Å². The molecule has 0 aliphatic rings. The van der Waals surface area contributed by atoms with Crippen LogP contribution in [0.15, 0.2) is 109 Å². The van der Waals surface area contributed by atoms with Crippen molar-refractivity contribution in [1.82, 2.24) is 4.57 Å². The zero-order chi connectivity index (χ0) is 21.9. The van der Waals surface area contributed by atoms with Crippen LogP contribution in [0.2, 0.25) is 5.02 Å². The van der Waals surface area contributed by atoms with Crippen LogP contribution in [0.1, 0.15) is 0 Å². The minimum Gasteiger partial charge on any atom is -0.309 e. The van der Waals surface area contributed by atoms with Gasteiger partial charge in [0.15, 0.2) is 0 Å². The van der Waals surface area contributed by atoms with E-state index in [1.807, 2.05) is 17.4 Å². The Bertz CT molecular complexity index is 1830. The molecule has 0 fully saturated rings. The molecule has 5 aromatic carbocycles. The summed E-state index contributed by atoms with van der Waals surface area (Å²) in [6.07, 6.45) is 0. The highest BCUT2D eigenvalue weighted by molar-refractivity contribution is 7.25. The van der Waals surface area contributed by atoms with Crippen LogP contribution < -0.4 is 0 Å². The van der Waals surface area contributed by atoms with Crippen molar-refractivity contribution in [2.45, 2.75) is 0 Å². The van der Waals surface area contributed by atoms with Gasteiger partial charge in [-0.15, -0.1) is 11.3 Å². The number of hydrogen-bond acceptors (Lipinski definition) is 1. The summed E-state index contributed by atoms with van der Waals surface area (Å²) < 4.78 is 4.92. The third kappa shape index (κ3) is 2.92. The summed E-state index contributed by atoms with van der Waals surface area (Å²) in [6, 6.07) is 39.0. The van der Waals surface area contributed by atoms with E-state index >= 15 is 0 Å². The Morgan fingerprint density at radius 1 is 0.515 bits per heavy atom. The van der Waals surface area contributed by atoms with Gasteiger partial charge in [-0.05, 0) is 59.7 Å². The van der Waals surface area contributed by atoms with Gasteiger partial charge >= 0.3 is 0 Å². The summed E-state index contributed by atoms with van der Waals surface area (Å²) in [5.41, 5.74) is 6.10. The van der Waals surface area contributed by atoms with E-state index in [0.717, 1.165) is 5.02 Å². The van der Waals surface area contributed by atoms with Crippen molar-refractivity contribution in [2.75, 3.05) is 0 Å². The van der Waals surface area contributed by atoms with Gasteiger partial charge in [0.2, 0.25) is 0 Å². The SMILES string of the molecule is Clc1ccc2sc3cc(-n4c5ccccc5c5cc(-c6ccccc6)ccc54)ccc3c2c1. The summed E-state index contributed by atoms with van der Waals surface area (Å²) in [6.45, 7) is 0. The number of rotatable bonds is 2. The second-order valence-electron chi connectivity index (χ2n) is 8.37. The molecule has 156 valence electrons. The highest BCUT2D eigenvalue weighted by atomic mass is 35.5. The van der Waals surface area contributed by atoms with E-state index in [9.17, 15) is 0 Å². The number of nitrogens with zero attached hydrogens (tertiary/aromatic N) is 1. The first kappa shape index (κ1) is 18.9. The molecule has 2 aromatic heterocycles. The van der Waals surface area contributed by atoms with Gasteiger partial charge < -0.3 is 4.57 Å². The average Bonchev–Trinajstić information content (AvgIpc) is 3.39. The van der Waals surface area contributed by atoms with Gasteiger partial charge in [-0.25, -0.2) is 0 Å². The molecule has 0 atom stereocenters. The second kappa shape index (κ2) is 7.21. The minimum atomic E-state index is 0.780. The predicted molar refractivity (Wildman–Crippen MR) is 144 cm³/mol.